The van der Waals surface area contributed by atoms with E-state index in [0.717, 1.165) is 32.1 Å². The van der Waals surface area contributed by atoms with Crippen molar-refractivity contribution in [3.05, 3.63) is 29.8 Å². The molecule has 1 aromatic carbocycles. The van der Waals surface area contributed by atoms with Crippen LogP contribution in [0.15, 0.2) is 24.3 Å². The van der Waals surface area contributed by atoms with E-state index in [1.54, 1.807) is 24.3 Å². The Morgan fingerprint density at radius 3 is 2.69 bits per heavy atom. The van der Waals surface area contributed by atoms with Gasteiger partial charge in [0, 0.05) is 29.9 Å². The number of hydrogen-bond acceptors (Lipinski definition) is 3. The van der Waals surface area contributed by atoms with Gasteiger partial charge in [0.15, 0.2) is 0 Å². The minimum atomic E-state index is -0.236. The number of amides is 3. The predicted octanol–water partition coefficient (Wildman–Crippen LogP) is 3.29. The fourth-order valence-electron chi connectivity index (χ4n) is 3.29. The summed E-state index contributed by atoms with van der Waals surface area (Å²) in [5.41, 5.74) is 1.19. The molecule has 2 fully saturated rings. The predicted molar refractivity (Wildman–Crippen MR) is 101 cm³/mol. The molecule has 26 heavy (non-hydrogen) atoms. The first-order valence-electron chi connectivity index (χ1n) is 9.59. The van der Waals surface area contributed by atoms with Gasteiger partial charge in [0.05, 0.1) is 6.10 Å². The Labute approximate surface area is 155 Å². The maximum absolute atomic E-state index is 12.3. The molecule has 1 aliphatic heterocycles. The Bertz CT molecular complexity index is 643. The monoisotopic (exact) mass is 359 g/mol. The van der Waals surface area contributed by atoms with Crippen molar-refractivity contribution in [2.24, 2.45) is 5.92 Å². The molecule has 1 saturated carbocycles. The molecule has 0 spiro atoms. The number of urea groups is 1. The molecule has 1 heterocycles. The number of carbonyl (C=O) groups is 2. The molecular formula is C20H29N3O3. The van der Waals surface area contributed by atoms with E-state index in [4.69, 9.17) is 4.74 Å². The van der Waals surface area contributed by atoms with Crippen LogP contribution in [0.25, 0.3) is 0 Å². The van der Waals surface area contributed by atoms with Gasteiger partial charge in [-0.2, -0.15) is 0 Å². The van der Waals surface area contributed by atoms with Crippen molar-refractivity contribution in [3.8, 4) is 0 Å². The summed E-state index contributed by atoms with van der Waals surface area (Å²) in [6.45, 7) is 5.04. The van der Waals surface area contributed by atoms with Crippen LogP contribution in [-0.4, -0.2) is 36.7 Å². The van der Waals surface area contributed by atoms with E-state index in [2.05, 4.69) is 29.8 Å². The van der Waals surface area contributed by atoms with Gasteiger partial charge in [-0.15, -0.1) is 0 Å². The molecule has 2 atom stereocenters. The summed E-state index contributed by atoms with van der Waals surface area (Å²) in [6.07, 6.45) is 4.99. The summed E-state index contributed by atoms with van der Waals surface area (Å²) in [5, 5.41) is 8.82. The molecular weight excluding hydrogens is 330 g/mol. The van der Waals surface area contributed by atoms with Crippen LogP contribution in [0.1, 0.15) is 56.3 Å². The highest BCUT2D eigenvalue weighted by atomic mass is 16.5. The maximum atomic E-state index is 12.3. The van der Waals surface area contributed by atoms with Gasteiger partial charge in [-0.3, -0.25) is 4.79 Å². The van der Waals surface area contributed by atoms with Gasteiger partial charge in [0.2, 0.25) is 0 Å². The first-order chi connectivity index (χ1) is 12.5. The lowest BCUT2D eigenvalue weighted by Crippen LogP contribution is -2.44. The van der Waals surface area contributed by atoms with Gasteiger partial charge >= 0.3 is 6.03 Å². The zero-order chi connectivity index (χ0) is 18.5. The quantitative estimate of drug-likeness (QED) is 0.729. The van der Waals surface area contributed by atoms with Gasteiger partial charge in [0.1, 0.15) is 0 Å². The summed E-state index contributed by atoms with van der Waals surface area (Å²) >= 11 is 0. The van der Waals surface area contributed by atoms with E-state index in [0.29, 0.717) is 29.8 Å². The fourth-order valence-corrected chi connectivity index (χ4v) is 3.29. The second-order valence-electron chi connectivity index (χ2n) is 7.77. The van der Waals surface area contributed by atoms with Crippen molar-refractivity contribution < 1.29 is 14.3 Å². The highest BCUT2D eigenvalue weighted by Gasteiger charge is 2.25. The lowest BCUT2D eigenvalue weighted by molar-refractivity contribution is -0.00717. The standard InChI is InChI=1S/C20H29N3O3/c1-13(2)10-18-12-17(8-9-26-18)23-20(25)22-16-5-3-4-14(11-16)19(24)21-15-6-7-15/h3-5,11,13,15,17-18H,6-10,12H2,1-2H3,(H,21,24)(H2,22,23,25)/t17-,18+/m0/s1. The van der Waals surface area contributed by atoms with Crippen LogP contribution >= 0.6 is 0 Å². The molecule has 6 nitrogen and oxygen atoms in total. The van der Waals surface area contributed by atoms with Crippen molar-refractivity contribution in [2.75, 3.05) is 11.9 Å². The molecule has 2 aliphatic rings. The third kappa shape index (κ3) is 5.73. The molecule has 3 amide bonds. The van der Waals surface area contributed by atoms with Crippen molar-refractivity contribution in [2.45, 2.75) is 64.1 Å². The SMILES string of the molecule is CC(C)C[C@@H]1C[C@@H](NC(=O)Nc2cccc(C(=O)NC3CC3)c2)CCO1. The van der Waals surface area contributed by atoms with E-state index >= 15 is 0 Å². The Hall–Kier alpha value is -2.08. The number of benzene rings is 1. The molecule has 0 aromatic heterocycles. The molecule has 1 aliphatic carbocycles. The van der Waals surface area contributed by atoms with E-state index in [1.165, 1.54) is 0 Å². The lowest BCUT2D eigenvalue weighted by atomic mass is 9.96. The summed E-state index contributed by atoms with van der Waals surface area (Å²) in [6, 6.07) is 7.24. The van der Waals surface area contributed by atoms with Crippen LogP contribution in [0.4, 0.5) is 10.5 Å². The molecule has 0 radical (unpaired) electrons. The molecule has 1 saturated heterocycles. The van der Waals surface area contributed by atoms with E-state index in [9.17, 15) is 9.59 Å². The van der Waals surface area contributed by atoms with Crippen LogP contribution in [-0.2, 0) is 4.74 Å². The normalized spacial score (nSPS) is 22.7. The average molecular weight is 359 g/mol. The average Bonchev–Trinajstić information content (AvgIpc) is 3.38. The summed E-state index contributed by atoms with van der Waals surface area (Å²) in [7, 11) is 0. The Morgan fingerprint density at radius 2 is 1.96 bits per heavy atom. The first kappa shape index (κ1) is 18.7. The number of anilines is 1. The van der Waals surface area contributed by atoms with Crippen LogP contribution < -0.4 is 16.0 Å². The van der Waals surface area contributed by atoms with Gasteiger partial charge in [-0.25, -0.2) is 4.79 Å². The number of carbonyl (C=O) groups excluding carboxylic acids is 2. The van der Waals surface area contributed by atoms with E-state index in [-0.39, 0.29) is 24.1 Å². The number of hydrogen-bond donors (Lipinski definition) is 3. The zero-order valence-electron chi connectivity index (χ0n) is 15.6. The number of nitrogens with one attached hydrogen (secondary N) is 3. The molecule has 3 N–H and O–H groups in total. The van der Waals surface area contributed by atoms with Gasteiger partial charge in [-0.05, 0) is 56.2 Å². The second-order valence-corrected chi connectivity index (χ2v) is 7.77. The minimum absolute atomic E-state index is 0.0856. The third-order valence-electron chi connectivity index (χ3n) is 4.73. The number of ether oxygens (including phenoxy) is 1. The Kier molecular flexibility index (Phi) is 6.14. The smallest absolute Gasteiger partial charge is 0.319 e. The second kappa shape index (κ2) is 8.54. The van der Waals surface area contributed by atoms with Gasteiger partial charge in [-0.1, -0.05) is 19.9 Å². The van der Waals surface area contributed by atoms with Crippen molar-refractivity contribution in [1.29, 1.82) is 0 Å². The van der Waals surface area contributed by atoms with Crippen molar-refractivity contribution in [1.82, 2.24) is 10.6 Å². The van der Waals surface area contributed by atoms with E-state index in [1.807, 2.05) is 0 Å². The highest BCUT2D eigenvalue weighted by molar-refractivity contribution is 5.97. The molecule has 6 heteroatoms. The Balaban J connectivity index is 1.50. The van der Waals surface area contributed by atoms with Gasteiger partial charge in [0.25, 0.3) is 5.91 Å². The first-order valence-corrected chi connectivity index (χ1v) is 9.59. The van der Waals surface area contributed by atoms with Crippen molar-refractivity contribution >= 4 is 17.6 Å². The highest BCUT2D eigenvalue weighted by Crippen LogP contribution is 2.21. The van der Waals surface area contributed by atoms with Crippen molar-refractivity contribution in [3.63, 3.8) is 0 Å². The summed E-state index contributed by atoms with van der Waals surface area (Å²) in [4.78, 5) is 24.4. The molecule has 0 bridgehead atoms. The number of rotatable bonds is 6. The topological polar surface area (TPSA) is 79.5 Å². The zero-order valence-corrected chi connectivity index (χ0v) is 15.6. The molecule has 0 unspecified atom stereocenters. The summed E-state index contributed by atoms with van der Waals surface area (Å²) < 4.78 is 5.78. The largest absolute Gasteiger partial charge is 0.378 e. The van der Waals surface area contributed by atoms with Gasteiger partial charge < -0.3 is 20.7 Å². The molecule has 1 aromatic rings. The van der Waals surface area contributed by atoms with E-state index < -0.39 is 0 Å². The molecule has 142 valence electrons. The lowest BCUT2D eigenvalue weighted by Gasteiger charge is -2.31. The Morgan fingerprint density at radius 1 is 1.15 bits per heavy atom. The maximum Gasteiger partial charge on any atom is 0.319 e. The van der Waals surface area contributed by atoms with Crippen LogP contribution in [0, 0.1) is 5.92 Å². The van der Waals surface area contributed by atoms with Crippen LogP contribution in [0.3, 0.4) is 0 Å². The third-order valence-corrected chi connectivity index (χ3v) is 4.73. The fraction of sp³-hybridized carbons (Fsp3) is 0.600. The van der Waals surface area contributed by atoms with Crippen LogP contribution in [0.2, 0.25) is 0 Å². The van der Waals surface area contributed by atoms with Crippen LogP contribution in [0.5, 0.6) is 0 Å². The summed E-state index contributed by atoms with van der Waals surface area (Å²) in [5.74, 6) is 0.495. The minimum Gasteiger partial charge on any atom is -0.378 e. The molecule has 3 rings (SSSR count).